The molecule has 1 N–H and O–H groups in total. The van der Waals surface area contributed by atoms with E-state index in [9.17, 15) is 13.2 Å². The number of carboxylic acids is 1. The maximum atomic E-state index is 11.2. The van der Waals surface area contributed by atoms with Gasteiger partial charge in [0.25, 0.3) is 0 Å². The first-order valence-electron chi connectivity index (χ1n) is 4.25. The average molecular weight is 229 g/mol. The van der Waals surface area contributed by atoms with Crippen LogP contribution in [0.15, 0.2) is 23.4 Å². The third kappa shape index (κ3) is 3.67. The summed E-state index contributed by atoms with van der Waals surface area (Å²) in [7, 11) is -3.27. The van der Waals surface area contributed by atoms with E-state index in [1.165, 1.54) is 18.5 Å². The number of nitrogens with zero attached hydrogens (tertiary/aromatic N) is 1. The highest BCUT2D eigenvalue weighted by atomic mass is 32.2. The normalized spacial score (nSPS) is 11.3. The lowest BCUT2D eigenvalue weighted by molar-refractivity contribution is -0.136. The van der Waals surface area contributed by atoms with Crippen LogP contribution in [0.4, 0.5) is 0 Å². The zero-order chi connectivity index (χ0) is 11.5. The number of carbonyl (C=O) groups is 1. The molecule has 0 spiro atoms. The second-order valence-electron chi connectivity index (χ2n) is 3.19. The van der Waals surface area contributed by atoms with Crippen molar-refractivity contribution in [2.45, 2.75) is 17.7 Å². The second kappa shape index (κ2) is 4.39. The van der Waals surface area contributed by atoms with Crippen molar-refractivity contribution in [2.75, 3.05) is 6.26 Å². The summed E-state index contributed by atoms with van der Waals surface area (Å²) in [6, 6.07) is 1.45. The van der Waals surface area contributed by atoms with Crippen LogP contribution in [0.2, 0.25) is 0 Å². The SMILES string of the molecule is CS(=O)(=O)c1cncc(CCC(=O)O)c1. The molecule has 82 valence electrons. The van der Waals surface area contributed by atoms with Crippen molar-refractivity contribution in [1.29, 1.82) is 0 Å². The number of sulfone groups is 1. The van der Waals surface area contributed by atoms with E-state index < -0.39 is 15.8 Å². The molecule has 0 saturated carbocycles. The van der Waals surface area contributed by atoms with Crippen molar-refractivity contribution in [3.8, 4) is 0 Å². The number of carboxylic acid groups (broad SMARTS) is 1. The van der Waals surface area contributed by atoms with Crippen LogP contribution >= 0.6 is 0 Å². The predicted molar refractivity (Wildman–Crippen MR) is 53.3 cm³/mol. The van der Waals surface area contributed by atoms with Crippen LogP contribution in [0.3, 0.4) is 0 Å². The summed E-state index contributed by atoms with van der Waals surface area (Å²) in [5, 5.41) is 8.47. The van der Waals surface area contributed by atoms with Crippen molar-refractivity contribution in [2.24, 2.45) is 0 Å². The molecule has 5 nitrogen and oxygen atoms in total. The topological polar surface area (TPSA) is 84.3 Å². The maximum absolute atomic E-state index is 11.2. The molecule has 6 heteroatoms. The van der Waals surface area contributed by atoms with E-state index in [0.717, 1.165) is 6.26 Å². The van der Waals surface area contributed by atoms with E-state index in [-0.39, 0.29) is 17.7 Å². The molecule has 0 unspecified atom stereocenters. The van der Waals surface area contributed by atoms with Crippen LogP contribution in [0, 0.1) is 0 Å². The number of pyridine rings is 1. The monoisotopic (exact) mass is 229 g/mol. The molecule has 0 aromatic carbocycles. The van der Waals surface area contributed by atoms with Crippen LogP contribution < -0.4 is 0 Å². The average Bonchev–Trinajstić information content (AvgIpc) is 2.14. The van der Waals surface area contributed by atoms with Crippen LogP contribution in [0.25, 0.3) is 0 Å². The molecule has 1 rings (SSSR count). The van der Waals surface area contributed by atoms with Gasteiger partial charge in [0.2, 0.25) is 0 Å². The molecule has 1 aromatic rings. The largest absolute Gasteiger partial charge is 0.481 e. The van der Waals surface area contributed by atoms with Crippen molar-refractivity contribution in [3.63, 3.8) is 0 Å². The van der Waals surface area contributed by atoms with Gasteiger partial charge in [0.15, 0.2) is 9.84 Å². The molecule has 1 heterocycles. The zero-order valence-corrected chi connectivity index (χ0v) is 8.99. The molecule has 0 amide bonds. The maximum Gasteiger partial charge on any atom is 0.303 e. The van der Waals surface area contributed by atoms with Crippen LogP contribution in [-0.4, -0.2) is 30.7 Å². The Hall–Kier alpha value is -1.43. The first-order chi connectivity index (χ1) is 6.89. The molecular weight excluding hydrogens is 218 g/mol. The predicted octanol–water partition coefficient (Wildman–Crippen LogP) is 0.502. The van der Waals surface area contributed by atoms with E-state index >= 15 is 0 Å². The minimum absolute atomic E-state index is 0.0328. The van der Waals surface area contributed by atoms with Gasteiger partial charge in [-0.1, -0.05) is 0 Å². The fraction of sp³-hybridized carbons (Fsp3) is 0.333. The third-order valence-electron chi connectivity index (χ3n) is 1.83. The molecular formula is C9H11NO4S. The van der Waals surface area contributed by atoms with Gasteiger partial charge in [-0.05, 0) is 18.1 Å². The van der Waals surface area contributed by atoms with Crippen LogP contribution in [0.1, 0.15) is 12.0 Å². The summed E-state index contributed by atoms with van der Waals surface area (Å²) < 4.78 is 22.3. The summed E-state index contributed by atoms with van der Waals surface area (Å²) in [6.07, 6.45) is 4.06. The molecule has 0 radical (unpaired) electrons. The highest BCUT2D eigenvalue weighted by Gasteiger charge is 2.08. The first-order valence-corrected chi connectivity index (χ1v) is 6.14. The van der Waals surface area contributed by atoms with Crippen molar-refractivity contribution < 1.29 is 18.3 Å². The molecule has 0 aliphatic rings. The number of aliphatic carboxylic acids is 1. The Bertz CT molecular complexity index is 467. The highest BCUT2D eigenvalue weighted by Crippen LogP contribution is 2.10. The summed E-state index contributed by atoms with van der Waals surface area (Å²) in [6.45, 7) is 0. The molecule has 15 heavy (non-hydrogen) atoms. The standard InChI is InChI=1S/C9H11NO4S/c1-15(13,14)8-4-7(5-10-6-8)2-3-9(11)12/h4-6H,2-3H2,1H3,(H,11,12). The Labute approximate surface area is 87.7 Å². The van der Waals surface area contributed by atoms with Crippen LogP contribution in [0.5, 0.6) is 0 Å². The minimum atomic E-state index is -3.27. The fourth-order valence-electron chi connectivity index (χ4n) is 1.05. The van der Waals surface area contributed by atoms with E-state index in [1.54, 1.807) is 0 Å². The highest BCUT2D eigenvalue weighted by molar-refractivity contribution is 7.90. The lowest BCUT2D eigenvalue weighted by Gasteiger charge is -2.01. The van der Waals surface area contributed by atoms with E-state index in [0.29, 0.717) is 5.56 Å². The van der Waals surface area contributed by atoms with E-state index in [2.05, 4.69) is 4.98 Å². The summed E-state index contributed by atoms with van der Waals surface area (Å²) in [5.41, 5.74) is 0.611. The summed E-state index contributed by atoms with van der Waals surface area (Å²) in [5.74, 6) is -0.917. The van der Waals surface area contributed by atoms with Gasteiger partial charge in [-0.15, -0.1) is 0 Å². The number of hydrogen-bond donors (Lipinski definition) is 1. The quantitative estimate of drug-likeness (QED) is 0.812. The van der Waals surface area contributed by atoms with E-state index in [4.69, 9.17) is 5.11 Å². The molecule has 0 atom stereocenters. The number of aromatic nitrogens is 1. The summed E-state index contributed by atoms with van der Waals surface area (Å²) in [4.78, 5) is 14.2. The van der Waals surface area contributed by atoms with Gasteiger partial charge < -0.3 is 5.11 Å². The van der Waals surface area contributed by atoms with Gasteiger partial charge in [0.05, 0.1) is 4.90 Å². The third-order valence-corrected chi connectivity index (χ3v) is 2.91. The van der Waals surface area contributed by atoms with E-state index in [1.807, 2.05) is 0 Å². The number of rotatable bonds is 4. The number of hydrogen-bond acceptors (Lipinski definition) is 4. The van der Waals surface area contributed by atoms with Gasteiger partial charge in [0, 0.05) is 25.1 Å². The number of aryl methyl sites for hydroxylation is 1. The lowest BCUT2D eigenvalue weighted by Crippen LogP contribution is -2.01. The molecule has 0 bridgehead atoms. The fourth-order valence-corrected chi connectivity index (χ4v) is 1.67. The second-order valence-corrected chi connectivity index (χ2v) is 5.21. The van der Waals surface area contributed by atoms with Gasteiger partial charge in [-0.2, -0.15) is 0 Å². The van der Waals surface area contributed by atoms with Crippen molar-refractivity contribution >= 4 is 15.8 Å². The Morgan fingerprint density at radius 2 is 2.13 bits per heavy atom. The summed E-state index contributed by atoms with van der Waals surface area (Å²) >= 11 is 0. The molecule has 0 saturated heterocycles. The van der Waals surface area contributed by atoms with Gasteiger partial charge in [-0.25, -0.2) is 8.42 Å². The van der Waals surface area contributed by atoms with Crippen molar-refractivity contribution in [1.82, 2.24) is 4.98 Å². The Kier molecular flexibility index (Phi) is 3.41. The first kappa shape index (κ1) is 11.6. The van der Waals surface area contributed by atoms with Gasteiger partial charge in [0.1, 0.15) is 0 Å². The molecule has 1 aromatic heterocycles. The molecule has 0 aliphatic heterocycles. The zero-order valence-electron chi connectivity index (χ0n) is 8.17. The van der Waals surface area contributed by atoms with Gasteiger partial charge in [-0.3, -0.25) is 9.78 Å². The Balaban J connectivity index is 2.89. The van der Waals surface area contributed by atoms with Crippen LogP contribution in [-0.2, 0) is 21.1 Å². The lowest BCUT2D eigenvalue weighted by atomic mass is 10.2. The Morgan fingerprint density at radius 3 is 2.67 bits per heavy atom. The Morgan fingerprint density at radius 1 is 1.47 bits per heavy atom. The molecule has 0 aliphatic carbocycles. The van der Waals surface area contributed by atoms with Crippen molar-refractivity contribution in [3.05, 3.63) is 24.0 Å². The molecule has 0 fully saturated rings. The van der Waals surface area contributed by atoms with Gasteiger partial charge >= 0.3 is 5.97 Å². The smallest absolute Gasteiger partial charge is 0.303 e. The minimum Gasteiger partial charge on any atom is -0.481 e.